The van der Waals surface area contributed by atoms with E-state index in [9.17, 15) is 14.7 Å². The van der Waals surface area contributed by atoms with Gasteiger partial charge in [-0.15, -0.1) is 0 Å². The molecule has 0 spiro atoms. The minimum Gasteiger partial charge on any atom is -0.467 e. The van der Waals surface area contributed by atoms with Gasteiger partial charge in [-0.1, -0.05) is 30.3 Å². The summed E-state index contributed by atoms with van der Waals surface area (Å²) in [5.74, 6) is -0.162. The van der Waals surface area contributed by atoms with Crippen LogP contribution in [0.5, 0.6) is 0 Å². The smallest absolute Gasteiger partial charge is 0.331 e. The topological polar surface area (TPSA) is 76.1 Å². The Morgan fingerprint density at radius 2 is 2.07 bits per heavy atom. The quantitative estimate of drug-likeness (QED) is 0.438. The number of methoxy groups -OCH3 is 1. The normalized spacial score (nSPS) is 18.1. The molecule has 1 aromatic rings. The van der Waals surface area contributed by atoms with Crippen molar-refractivity contribution in [3.8, 4) is 0 Å². The maximum absolute atomic E-state index is 12.4. The molecule has 1 heterocycles. The monoisotopic (exact) mass is 391 g/mol. The standard InChI is InChI=1S/C22H33NO5/c1-27-22(26)17-28-15-6-5-14-23-19(10-7-11-21(23)25)12-13-20(24)16-18-8-3-2-4-9-18/h2-4,8-9,19-20,24H,5-7,10-17H2,1H3. The highest BCUT2D eigenvalue weighted by atomic mass is 16.6. The minimum absolute atomic E-state index is 0.0267. The number of carbonyl (C=O) groups excluding carboxylic acids is 2. The summed E-state index contributed by atoms with van der Waals surface area (Å²) in [4.78, 5) is 25.3. The molecule has 2 rings (SSSR count). The van der Waals surface area contributed by atoms with E-state index in [0.717, 1.165) is 37.7 Å². The van der Waals surface area contributed by atoms with Gasteiger partial charge in [-0.2, -0.15) is 0 Å². The summed E-state index contributed by atoms with van der Waals surface area (Å²) in [6, 6.07) is 10.2. The molecule has 2 atom stereocenters. The average molecular weight is 392 g/mol. The van der Waals surface area contributed by atoms with Gasteiger partial charge in [0.1, 0.15) is 6.61 Å². The second kappa shape index (κ2) is 12.5. The van der Waals surface area contributed by atoms with E-state index < -0.39 is 0 Å². The lowest BCUT2D eigenvalue weighted by Gasteiger charge is -2.36. The Kier molecular flexibility index (Phi) is 10.0. The zero-order valence-electron chi connectivity index (χ0n) is 16.8. The van der Waals surface area contributed by atoms with Crippen molar-refractivity contribution in [3.05, 3.63) is 35.9 Å². The number of amides is 1. The SMILES string of the molecule is COC(=O)COCCCCN1C(=O)CCCC1CCC(O)Cc1ccccc1. The first kappa shape index (κ1) is 22.4. The van der Waals surface area contributed by atoms with Crippen LogP contribution < -0.4 is 0 Å². The summed E-state index contributed by atoms with van der Waals surface area (Å²) >= 11 is 0. The number of aliphatic hydroxyl groups is 1. The van der Waals surface area contributed by atoms with Crippen LogP contribution in [-0.2, 0) is 25.5 Å². The highest BCUT2D eigenvalue weighted by Crippen LogP contribution is 2.23. The highest BCUT2D eigenvalue weighted by Gasteiger charge is 2.27. The molecule has 156 valence electrons. The molecule has 6 heteroatoms. The molecular formula is C22H33NO5. The zero-order chi connectivity index (χ0) is 20.2. The molecule has 2 unspecified atom stereocenters. The van der Waals surface area contributed by atoms with Crippen molar-refractivity contribution in [2.45, 2.75) is 63.5 Å². The molecular weight excluding hydrogens is 358 g/mol. The molecule has 6 nitrogen and oxygen atoms in total. The Bertz CT molecular complexity index is 592. The number of nitrogens with zero attached hydrogens (tertiary/aromatic N) is 1. The first-order valence-electron chi connectivity index (χ1n) is 10.3. The molecule has 0 radical (unpaired) electrons. The zero-order valence-corrected chi connectivity index (χ0v) is 16.8. The van der Waals surface area contributed by atoms with Crippen LogP contribution in [0.1, 0.15) is 50.5 Å². The van der Waals surface area contributed by atoms with Crippen LogP contribution in [0.4, 0.5) is 0 Å². The van der Waals surface area contributed by atoms with E-state index in [0.29, 0.717) is 32.4 Å². The van der Waals surface area contributed by atoms with Crippen molar-refractivity contribution in [1.29, 1.82) is 0 Å². The van der Waals surface area contributed by atoms with Crippen LogP contribution in [0, 0.1) is 0 Å². The molecule has 28 heavy (non-hydrogen) atoms. The molecule has 0 saturated carbocycles. The van der Waals surface area contributed by atoms with Crippen molar-refractivity contribution in [2.24, 2.45) is 0 Å². The van der Waals surface area contributed by atoms with Crippen LogP contribution in [0.3, 0.4) is 0 Å². The van der Waals surface area contributed by atoms with Gasteiger partial charge >= 0.3 is 5.97 Å². The van der Waals surface area contributed by atoms with Gasteiger partial charge in [-0.3, -0.25) is 4.79 Å². The van der Waals surface area contributed by atoms with Gasteiger partial charge in [0.25, 0.3) is 0 Å². The van der Waals surface area contributed by atoms with Gasteiger partial charge in [0.15, 0.2) is 0 Å². The molecule has 1 amide bonds. The molecule has 1 N–H and O–H groups in total. The highest BCUT2D eigenvalue weighted by molar-refractivity contribution is 5.77. The van der Waals surface area contributed by atoms with Gasteiger partial charge in [-0.05, 0) is 50.5 Å². The third kappa shape index (κ3) is 7.98. The Morgan fingerprint density at radius 1 is 1.29 bits per heavy atom. The predicted octanol–water partition coefficient (Wildman–Crippen LogP) is 2.72. The lowest BCUT2D eigenvalue weighted by molar-refractivity contribution is -0.145. The second-order valence-electron chi connectivity index (χ2n) is 7.39. The Balaban J connectivity index is 1.70. The fourth-order valence-electron chi connectivity index (χ4n) is 3.67. The lowest BCUT2D eigenvalue weighted by atomic mass is 9.94. The van der Waals surface area contributed by atoms with E-state index >= 15 is 0 Å². The van der Waals surface area contributed by atoms with Crippen LogP contribution in [-0.4, -0.2) is 60.9 Å². The molecule has 1 aromatic carbocycles. The third-order valence-corrected chi connectivity index (χ3v) is 5.22. The lowest BCUT2D eigenvalue weighted by Crippen LogP contribution is -2.44. The van der Waals surface area contributed by atoms with Gasteiger partial charge < -0.3 is 19.5 Å². The molecule has 1 fully saturated rings. The number of ether oxygens (including phenoxy) is 2. The number of rotatable bonds is 12. The number of piperidine rings is 1. The maximum Gasteiger partial charge on any atom is 0.331 e. The summed E-state index contributed by atoms with van der Waals surface area (Å²) in [6.45, 7) is 1.17. The number of hydrogen-bond donors (Lipinski definition) is 1. The van der Waals surface area contributed by atoms with Crippen molar-refractivity contribution < 1.29 is 24.2 Å². The van der Waals surface area contributed by atoms with Gasteiger partial charge in [0, 0.05) is 25.6 Å². The van der Waals surface area contributed by atoms with E-state index in [-0.39, 0.29) is 30.6 Å². The van der Waals surface area contributed by atoms with Crippen LogP contribution >= 0.6 is 0 Å². The van der Waals surface area contributed by atoms with E-state index in [1.54, 1.807) is 0 Å². The largest absolute Gasteiger partial charge is 0.467 e. The summed E-state index contributed by atoms with van der Waals surface area (Å²) in [7, 11) is 1.34. The summed E-state index contributed by atoms with van der Waals surface area (Å²) < 4.78 is 9.78. The summed E-state index contributed by atoms with van der Waals surface area (Å²) in [5.41, 5.74) is 1.14. The van der Waals surface area contributed by atoms with Crippen LogP contribution in [0.15, 0.2) is 30.3 Å². The molecule has 1 aliphatic heterocycles. The minimum atomic E-state index is -0.381. The van der Waals surface area contributed by atoms with E-state index in [2.05, 4.69) is 4.74 Å². The molecule has 0 aromatic heterocycles. The van der Waals surface area contributed by atoms with Crippen molar-refractivity contribution in [3.63, 3.8) is 0 Å². The van der Waals surface area contributed by atoms with Gasteiger partial charge in [0.05, 0.1) is 13.2 Å². The Hall–Kier alpha value is -1.92. The van der Waals surface area contributed by atoms with E-state index in [4.69, 9.17) is 4.74 Å². The summed E-state index contributed by atoms with van der Waals surface area (Å²) in [5, 5.41) is 10.4. The van der Waals surface area contributed by atoms with Gasteiger partial charge in [-0.25, -0.2) is 4.79 Å². The number of hydrogen-bond acceptors (Lipinski definition) is 5. The number of benzene rings is 1. The number of unbranched alkanes of at least 4 members (excludes halogenated alkanes) is 1. The number of esters is 1. The van der Waals surface area contributed by atoms with E-state index in [1.165, 1.54) is 7.11 Å². The maximum atomic E-state index is 12.4. The predicted molar refractivity (Wildman–Crippen MR) is 107 cm³/mol. The van der Waals surface area contributed by atoms with Crippen molar-refractivity contribution in [2.75, 3.05) is 26.9 Å². The number of likely N-dealkylation sites (tertiary alicyclic amines) is 1. The van der Waals surface area contributed by atoms with Crippen molar-refractivity contribution in [1.82, 2.24) is 4.90 Å². The first-order chi connectivity index (χ1) is 13.6. The fraction of sp³-hybridized carbons (Fsp3) is 0.636. The summed E-state index contributed by atoms with van der Waals surface area (Å²) in [6.07, 6.45) is 5.98. The Labute approximate surface area is 167 Å². The van der Waals surface area contributed by atoms with Gasteiger partial charge in [0.2, 0.25) is 5.91 Å². The molecule has 1 aliphatic rings. The molecule has 1 saturated heterocycles. The number of carbonyl (C=O) groups is 2. The fourth-order valence-corrected chi connectivity index (χ4v) is 3.67. The molecule has 0 bridgehead atoms. The van der Waals surface area contributed by atoms with Crippen molar-refractivity contribution >= 4 is 11.9 Å². The van der Waals surface area contributed by atoms with Crippen LogP contribution in [0.25, 0.3) is 0 Å². The molecule has 0 aliphatic carbocycles. The van der Waals surface area contributed by atoms with Crippen LogP contribution in [0.2, 0.25) is 0 Å². The third-order valence-electron chi connectivity index (χ3n) is 5.22. The number of aliphatic hydroxyl groups excluding tert-OH is 1. The Morgan fingerprint density at radius 3 is 2.82 bits per heavy atom. The second-order valence-corrected chi connectivity index (χ2v) is 7.39. The first-order valence-corrected chi connectivity index (χ1v) is 10.3. The van der Waals surface area contributed by atoms with E-state index in [1.807, 2.05) is 35.2 Å². The average Bonchev–Trinajstić information content (AvgIpc) is 2.70.